The number of nitrogens with zero attached hydrogens (tertiary/aromatic N) is 3. The molecular weight excluding hydrogens is 363 g/mol. The molecule has 0 radical (unpaired) electrons. The fourth-order valence-electron chi connectivity index (χ4n) is 2.90. The van der Waals surface area contributed by atoms with E-state index in [4.69, 9.17) is 8.94 Å². The van der Waals surface area contributed by atoms with Gasteiger partial charge in [-0.05, 0) is 36.2 Å². The second-order valence-electron chi connectivity index (χ2n) is 6.45. The van der Waals surface area contributed by atoms with Crippen molar-refractivity contribution in [1.29, 1.82) is 0 Å². The number of carbonyl (C=O) groups excluding carboxylic acids is 1. The van der Waals surface area contributed by atoms with Gasteiger partial charge in [-0.15, -0.1) is 0 Å². The Morgan fingerprint density at radius 1 is 1.29 bits per heavy atom. The van der Waals surface area contributed by atoms with Crippen LogP contribution in [0.5, 0.6) is 0 Å². The van der Waals surface area contributed by atoms with Crippen molar-refractivity contribution in [2.24, 2.45) is 0 Å². The van der Waals surface area contributed by atoms with Gasteiger partial charge in [0.2, 0.25) is 5.89 Å². The molecule has 0 bridgehead atoms. The van der Waals surface area contributed by atoms with Crippen LogP contribution in [0.2, 0.25) is 0 Å². The predicted molar refractivity (Wildman–Crippen MR) is 100 cm³/mol. The van der Waals surface area contributed by atoms with Gasteiger partial charge in [-0.3, -0.25) is 0 Å². The first-order valence-electron chi connectivity index (χ1n) is 9.16. The summed E-state index contributed by atoms with van der Waals surface area (Å²) in [5, 5.41) is 6.73. The van der Waals surface area contributed by atoms with Gasteiger partial charge in [-0.25, -0.2) is 9.18 Å². The Morgan fingerprint density at radius 3 is 2.71 bits per heavy atom. The minimum Gasteiger partial charge on any atom is -0.469 e. The minimum absolute atomic E-state index is 0.0782. The van der Waals surface area contributed by atoms with Crippen LogP contribution in [-0.4, -0.2) is 34.7 Å². The summed E-state index contributed by atoms with van der Waals surface area (Å²) in [4.78, 5) is 18.0. The normalized spacial score (nSPS) is 12.0. The molecule has 0 saturated heterocycles. The molecule has 7 nitrogen and oxygen atoms in total. The van der Waals surface area contributed by atoms with Crippen LogP contribution >= 0.6 is 0 Å². The number of rotatable bonds is 8. The number of furan rings is 1. The number of hydrogen-bond donors (Lipinski definition) is 1. The van der Waals surface area contributed by atoms with E-state index >= 15 is 0 Å². The first kappa shape index (κ1) is 19.6. The van der Waals surface area contributed by atoms with Gasteiger partial charge < -0.3 is 19.2 Å². The summed E-state index contributed by atoms with van der Waals surface area (Å²) in [6, 6.07) is 9.77. The first-order chi connectivity index (χ1) is 13.6. The Balaban J connectivity index is 1.56. The Kier molecular flexibility index (Phi) is 6.41. The number of nitrogens with one attached hydrogen (secondary N) is 1. The summed E-state index contributed by atoms with van der Waals surface area (Å²) in [6.45, 7) is 2.61. The lowest BCUT2D eigenvalue weighted by molar-refractivity contribution is 0.205. The second-order valence-corrected chi connectivity index (χ2v) is 6.45. The lowest BCUT2D eigenvalue weighted by Crippen LogP contribution is -2.37. The van der Waals surface area contributed by atoms with E-state index in [-0.39, 0.29) is 24.3 Å². The SMILES string of the molecule is CCc1nc(CN(C)C(=O)NCC[C@@H](c2ccc(F)cc2)c2ccco2)no1. The number of carbonyl (C=O) groups is 1. The third-order valence-corrected chi connectivity index (χ3v) is 4.41. The van der Waals surface area contributed by atoms with Crippen LogP contribution in [0.15, 0.2) is 51.6 Å². The molecule has 0 aliphatic heterocycles. The average Bonchev–Trinajstić information content (AvgIpc) is 3.38. The number of benzene rings is 1. The van der Waals surface area contributed by atoms with Crippen molar-refractivity contribution in [3.8, 4) is 0 Å². The van der Waals surface area contributed by atoms with Gasteiger partial charge >= 0.3 is 6.03 Å². The van der Waals surface area contributed by atoms with Gasteiger partial charge in [0.25, 0.3) is 0 Å². The summed E-state index contributed by atoms with van der Waals surface area (Å²) in [5.41, 5.74) is 0.929. The molecule has 0 saturated carbocycles. The molecule has 0 aliphatic rings. The van der Waals surface area contributed by atoms with Crippen molar-refractivity contribution in [2.45, 2.75) is 32.2 Å². The molecule has 148 valence electrons. The number of hydrogen-bond acceptors (Lipinski definition) is 5. The molecule has 0 aliphatic carbocycles. The highest BCUT2D eigenvalue weighted by Gasteiger charge is 2.18. The Labute approximate surface area is 162 Å². The molecule has 2 aromatic heterocycles. The van der Waals surface area contributed by atoms with Crippen molar-refractivity contribution in [3.63, 3.8) is 0 Å². The zero-order valence-electron chi connectivity index (χ0n) is 15.9. The molecule has 1 aromatic carbocycles. The van der Waals surface area contributed by atoms with Crippen molar-refractivity contribution >= 4 is 6.03 Å². The van der Waals surface area contributed by atoms with Crippen LogP contribution in [0.1, 0.15) is 42.3 Å². The largest absolute Gasteiger partial charge is 0.469 e. The van der Waals surface area contributed by atoms with Crippen LogP contribution in [-0.2, 0) is 13.0 Å². The van der Waals surface area contributed by atoms with Crippen molar-refractivity contribution in [3.05, 3.63) is 71.5 Å². The van der Waals surface area contributed by atoms with Gasteiger partial charge in [0.05, 0.1) is 12.8 Å². The molecule has 0 unspecified atom stereocenters. The van der Waals surface area contributed by atoms with Crippen LogP contribution in [0.4, 0.5) is 9.18 Å². The zero-order valence-corrected chi connectivity index (χ0v) is 15.9. The van der Waals surface area contributed by atoms with Gasteiger partial charge in [-0.1, -0.05) is 24.2 Å². The molecule has 0 spiro atoms. The summed E-state index contributed by atoms with van der Waals surface area (Å²) in [6.07, 6.45) is 2.87. The van der Waals surface area contributed by atoms with E-state index in [1.54, 1.807) is 25.4 Å². The fourth-order valence-corrected chi connectivity index (χ4v) is 2.90. The van der Waals surface area contributed by atoms with E-state index in [9.17, 15) is 9.18 Å². The lowest BCUT2D eigenvalue weighted by Gasteiger charge is -2.19. The Hall–Kier alpha value is -3.16. The number of aromatic nitrogens is 2. The molecule has 2 heterocycles. The van der Waals surface area contributed by atoms with E-state index in [1.165, 1.54) is 17.0 Å². The topological polar surface area (TPSA) is 84.4 Å². The van der Waals surface area contributed by atoms with Crippen molar-refractivity contribution in [1.82, 2.24) is 20.4 Å². The molecule has 1 N–H and O–H groups in total. The van der Waals surface area contributed by atoms with E-state index < -0.39 is 0 Å². The van der Waals surface area contributed by atoms with E-state index in [0.717, 1.165) is 11.3 Å². The maximum Gasteiger partial charge on any atom is 0.317 e. The summed E-state index contributed by atoms with van der Waals surface area (Å²) in [5.74, 6) is 1.42. The molecular formula is C20H23FN4O3. The first-order valence-corrected chi connectivity index (χ1v) is 9.16. The van der Waals surface area contributed by atoms with Crippen molar-refractivity contribution in [2.75, 3.05) is 13.6 Å². The van der Waals surface area contributed by atoms with E-state index in [0.29, 0.717) is 31.1 Å². The van der Waals surface area contributed by atoms with Crippen LogP contribution in [0.25, 0.3) is 0 Å². The lowest BCUT2D eigenvalue weighted by atomic mass is 9.93. The smallest absolute Gasteiger partial charge is 0.317 e. The maximum absolute atomic E-state index is 13.2. The molecule has 3 aromatic rings. The van der Waals surface area contributed by atoms with Crippen LogP contribution in [0, 0.1) is 5.82 Å². The highest BCUT2D eigenvalue weighted by molar-refractivity contribution is 5.73. The number of aryl methyl sites for hydroxylation is 1. The van der Waals surface area contributed by atoms with Gasteiger partial charge in [0.1, 0.15) is 11.6 Å². The summed E-state index contributed by atoms with van der Waals surface area (Å²) >= 11 is 0. The van der Waals surface area contributed by atoms with Gasteiger partial charge in [0.15, 0.2) is 5.82 Å². The predicted octanol–water partition coefficient (Wildman–Crippen LogP) is 3.73. The Morgan fingerprint density at radius 2 is 2.07 bits per heavy atom. The Bertz CT molecular complexity index is 877. The summed E-state index contributed by atoms with van der Waals surface area (Å²) in [7, 11) is 1.67. The number of amides is 2. The maximum atomic E-state index is 13.2. The third kappa shape index (κ3) is 4.97. The molecule has 28 heavy (non-hydrogen) atoms. The standard InChI is InChI=1S/C20H23FN4O3/c1-3-19-23-18(24-28-19)13-25(2)20(26)22-11-10-16(17-5-4-12-27-17)14-6-8-15(21)9-7-14/h4-9,12,16H,3,10-11,13H2,1-2H3,(H,22,26)/t16-/m0/s1. The summed E-state index contributed by atoms with van der Waals surface area (Å²) < 4.78 is 23.8. The molecule has 1 atom stereocenters. The number of halogens is 1. The van der Waals surface area contributed by atoms with Gasteiger partial charge in [-0.2, -0.15) is 4.98 Å². The monoisotopic (exact) mass is 386 g/mol. The molecule has 0 fully saturated rings. The van der Waals surface area contributed by atoms with Gasteiger partial charge in [0, 0.05) is 25.9 Å². The fraction of sp³-hybridized carbons (Fsp3) is 0.350. The third-order valence-electron chi connectivity index (χ3n) is 4.41. The van der Waals surface area contributed by atoms with E-state index in [1.807, 2.05) is 19.1 Å². The number of urea groups is 1. The second kappa shape index (κ2) is 9.16. The van der Waals surface area contributed by atoms with Crippen molar-refractivity contribution < 1.29 is 18.1 Å². The van der Waals surface area contributed by atoms with Crippen LogP contribution in [0.3, 0.4) is 0 Å². The van der Waals surface area contributed by atoms with Crippen LogP contribution < -0.4 is 5.32 Å². The quantitative estimate of drug-likeness (QED) is 0.638. The molecule has 3 rings (SSSR count). The molecule has 8 heteroatoms. The minimum atomic E-state index is -0.287. The highest BCUT2D eigenvalue weighted by Crippen LogP contribution is 2.28. The van der Waals surface area contributed by atoms with E-state index in [2.05, 4.69) is 15.5 Å². The average molecular weight is 386 g/mol. The highest BCUT2D eigenvalue weighted by atomic mass is 19.1. The molecule has 2 amide bonds. The zero-order chi connectivity index (χ0) is 19.9.